The van der Waals surface area contributed by atoms with E-state index < -0.39 is 5.79 Å². The number of nitrogens with one attached hydrogen (secondary N) is 1. The number of amides is 1. The van der Waals surface area contributed by atoms with Crippen molar-refractivity contribution in [2.45, 2.75) is 26.1 Å². The lowest BCUT2D eigenvalue weighted by molar-refractivity contribution is -0.115. The topological polar surface area (TPSA) is 47.6 Å². The van der Waals surface area contributed by atoms with E-state index in [9.17, 15) is 4.79 Å². The summed E-state index contributed by atoms with van der Waals surface area (Å²) in [5.41, 5.74) is 0.705. The van der Waals surface area contributed by atoms with Gasteiger partial charge in [0.2, 0.25) is 11.7 Å². The Balaban J connectivity index is 2.11. The highest BCUT2D eigenvalue weighted by molar-refractivity contribution is 7.80. The van der Waals surface area contributed by atoms with Gasteiger partial charge in [0.1, 0.15) is 0 Å². The number of benzene rings is 1. The van der Waals surface area contributed by atoms with Gasteiger partial charge in [-0.05, 0) is 17.9 Å². The van der Waals surface area contributed by atoms with Gasteiger partial charge in [-0.1, -0.05) is 0 Å². The molecular weight excluding hydrogens is 238 g/mol. The monoisotopic (exact) mass is 253 g/mol. The van der Waals surface area contributed by atoms with E-state index in [0.717, 1.165) is 0 Å². The van der Waals surface area contributed by atoms with Crippen LogP contribution in [0.2, 0.25) is 0 Å². The Hall–Kier alpha value is -1.36. The van der Waals surface area contributed by atoms with Gasteiger partial charge < -0.3 is 14.8 Å². The molecule has 0 aromatic heterocycles. The highest BCUT2D eigenvalue weighted by atomic mass is 32.1. The van der Waals surface area contributed by atoms with Crippen LogP contribution in [0.4, 0.5) is 5.69 Å². The molecule has 0 spiro atoms. The van der Waals surface area contributed by atoms with Crippen molar-refractivity contribution in [1.29, 1.82) is 0 Å². The minimum atomic E-state index is -0.643. The fourth-order valence-electron chi connectivity index (χ4n) is 1.63. The second-order valence-corrected chi connectivity index (χ2v) is 4.73. The Morgan fingerprint density at radius 1 is 1.35 bits per heavy atom. The van der Waals surface area contributed by atoms with Crippen molar-refractivity contribution in [2.24, 2.45) is 0 Å². The SMILES string of the molecule is CC1(C)Oc2ccc(NC(=O)CCS)cc2O1. The van der Waals surface area contributed by atoms with E-state index in [0.29, 0.717) is 29.4 Å². The van der Waals surface area contributed by atoms with Crippen molar-refractivity contribution < 1.29 is 14.3 Å². The molecule has 0 bridgehead atoms. The lowest BCUT2D eigenvalue weighted by Gasteiger charge is -2.16. The van der Waals surface area contributed by atoms with Crippen LogP contribution in [0.3, 0.4) is 0 Å². The van der Waals surface area contributed by atoms with Crippen LogP contribution in [0, 0.1) is 0 Å². The molecule has 5 heteroatoms. The minimum Gasteiger partial charge on any atom is -0.449 e. The smallest absolute Gasteiger partial charge is 0.246 e. The average molecular weight is 253 g/mol. The first-order valence-electron chi connectivity index (χ1n) is 5.43. The molecule has 1 aliphatic heterocycles. The fourth-order valence-corrected chi connectivity index (χ4v) is 1.83. The maximum atomic E-state index is 11.4. The number of rotatable bonds is 3. The number of ether oxygens (including phenoxy) is 2. The molecule has 2 rings (SSSR count). The normalized spacial score (nSPS) is 15.7. The average Bonchev–Trinajstić information content (AvgIpc) is 2.51. The zero-order valence-electron chi connectivity index (χ0n) is 9.82. The Morgan fingerprint density at radius 2 is 2.06 bits per heavy atom. The first kappa shape index (κ1) is 12.1. The van der Waals surface area contributed by atoms with Gasteiger partial charge in [0, 0.05) is 32.0 Å². The number of hydrogen-bond acceptors (Lipinski definition) is 4. The number of hydrogen-bond donors (Lipinski definition) is 2. The van der Waals surface area contributed by atoms with Gasteiger partial charge >= 0.3 is 0 Å². The molecule has 0 aliphatic carbocycles. The lowest BCUT2D eigenvalue weighted by atomic mass is 10.2. The van der Waals surface area contributed by atoms with E-state index in [1.807, 2.05) is 13.8 Å². The molecule has 17 heavy (non-hydrogen) atoms. The number of anilines is 1. The molecule has 92 valence electrons. The van der Waals surface area contributed by atoms with E-state index in [4.69, 9.17) is 9.47 Å². The first-order valence-corrected chi connectivity index (χ1v) is 6.06. The van der Waals surface area contributed by atoms with Crippen LogP contribution in [-0.2, 0) is 4.79 Å². The standard InChI is InChI=1S/C12H15NO3S/c1-12(2)15-9-4-3-8(7-10(9)16-12)13-11(14)5-6-17/h3-4,7,17H,5-6H2,1-2H3,(H,13,14). The van der Waals surface area contributed by atoms with Crippen LogP contribution < -0.4 is 14.8 Å². The van der Waals surface area contributed by atoms with Crippen molar-refractivity contribution in [1.82, 2.24) is 0 Å². The van der Waals surface area contributed by atoms with Crippen LogP contribution in [0.1, 0.15) is 20.3 Å². The molecule has 0 atom stereocenters. The number of carbonyl (C=O) groups is 1. The highest BCUT2D eigenvalue weighted by Crippen LogP contribution is 2.40. The quantitative estimate of drug-likeness (QED) is 0.813. The van der Waals surface area contributed by atoms with Gasteiger partial charge in [-0.25, -0.2) is 0 Å². The Labute approximate surface area is 106 Å². The third-order valence-corrected chi connectivity index (χ3v) is 2.50. The van der Waals surface area contributed by atoms with Crippen LogP contribution in [-0.4, -0.2) is 17.4 Å². The minimum absolute atomic E-state index is 0.0573. The van der Waals surface area contributed by atoms with Crippen LogP contribution in [0.15, 0.2) is 18.2 Å². The fraction of sp³-hybridized carbons (Fsp3) is 0.417. The third kappa shape index (κ3) is 2.85. The van der Waals surface area contributed by atoms with E-state index in [2.05, 4.69) is 17.9 Å². The summed E-state index contributed by atoms with van der Waals surface area (Å²) in [6, 6.07) is 5.35. The summed E-state index contributed by atoms with van der Waals surface area (Å²) < 4.78 is 11.1. The summed E-state index contributed by atoms with van der Waals surface area (Å²) in [4.78, 5) is 11.4. The molecule has 0 fully saturated rings. The Morgan fingerprint density at radius 3 is 2.76 bits per heavy atom. The highest BCUT2D eigenvalue weighted by Gasteiger charge is 2.31. The molecule has 0 saturated heterocycles. The molecule has 1 aliphatic rings. The summed E-state index contributed by atoms with van der Waals surface area (Å²) in [6.45, 7) is 3.68. The van der Waals surface area contributed by atoms with Gasteiger partial charge in [-0.2, -0.15) is 12.6 Å². The second-order valence-electron chi connectivity index (χ2n) is 4.29. The van der Waals surface area contributed by atoms with Crippen molar-refractivity contribution in [2.75, 3.05) is 11.1 Å². The van der Waals surface area contributed by atoms with Crippen LogP contribution in [0.25, 0.3) is 0 Å². The van der Waals surface area contributed by atoms with Crippen molar-refractivity contribution in [3.05, 3.63) is 18.2 Å². The van der Waals surface area contributed by atoms with Gasteiger partial charge in [-0.15, -0.1) is 0 Å². The molecule has 0 radical (unpaired) electrons. The maximum Gasteiger partial charge on any atom is 0.246 e. The largest absolute Gasteiger partial charge is 0.449 e. The molecule has 1 heterocycles. The molecular formula is C12H15NO3S. The summed E-state index contributed by atoms with van der Waals surface area (Å²) >= 11 is 4.01. The summed E-state index contributed by atoms with van der Waals surface area (Å²) in [5.74, 6) is 1.18. The van der Waals surface area contributed by atoms with Crippen LogP contribution in [0.5, 0.6) is 11.5 Å². The molecule has 1 N–H and O–H groups in total. The van der Waals surface area contributed by atoms with E-state index in [1.54, 1.807) is 18.2 Å². The second kappa shape index (κ2) is 4.49. The zero-order chi connectivity index (χ0) is 12.5. The molecule has 1 aromatic rings. The van der Waals surface area contributed by atoms with Crippen LogP contribution >= 0.6 is 12.6 Å². The van der Waals surface area contributed by atoms with Crippen molar-refractivity contribution in [3.63, 3.8) is 0 Å². The van der Waals surface area contributed by atoms with Crippen molar-refractivity contribution >= 4 is 24.2 Å². The predicted octanol–water partition coefficient (Wildman–Crippen LogP) is 2.45. The summed E-state index contributed by atoms with van der Waals surface area (Å²) in [7, 11) is 0. The first-order chi connectivity index (χ1) is 8.00. The Bertz CT molecular complexity index is 445. The van der Waals surface area contributed by atoms with E-state index in [-0.39, 0.29) is 5.91 Å². The van der Waals surface area contributed by atoms with Gasteiger partial charge in [-0.3, -0.25) is 4.79 Å². The summed E-state index contributed by atoms with van der Waals surface area (Å²) in [6.07, 6.45) is 0.392. The lowest BCUT2D eigenvalue weighted by Crippen LogP contribution is -2.29. The third-order valence-electron chi connectivity index (χ3n) is 2.28. The van der Waals surface area contributed by atoms with Gasteiger partial charge in [0.25, 0.3) is 0 Å². The Kier molecular flexibility index (Phi) is 3.19. The summed E-state index contributed by atoms with van der Waals surface area (Å²) in [5, 5.41) is 2.78. The molecule has 0 unspecified atom stereocenters. The molecule has 1 amide bonds. The maximum absolute atomic E-state index is 11.4. The van der Waals surface area contributed by atoms with Gasteiger partial charge in [0.15, 0.2) is 11.5 Å². The van der Waals surface area contributed by atoms with Crippen molar-refractivity contribution in [3.8, 4) is 11.5 Å². The zero-order valence-corrected chi connectivity index (χ0v) is 10.7. The predicted molar refractivity (Wildman–Crippen MR) is 68.9 cm³/mol. The number of fused-ring (bicyclic) bond motifs is 1. The molecule has 0 saturated carbocycles. The van der Waals surface area contributed by atoms with E-state index in [1.165, 1.54) is 0 Å². The molecule has 4 nitrogen and oxygen atoms in total. The van der Waals surface area contributed by atoms with Gasteiger partial charge in [0.05, 0.1) is 0 Å². The number of carbonyl (C=O) groups excluding carboxylic acids is 1. The van der Waals surface area contributed by atoms with E-state index >= 15 is 0 Å². The molecule has 1 aromatic carbocycles. The number of thiol groups is 1.